The molecule has 2 heteroatoms. The minimum Gasteiger partial charge on any atom is -0.326 e. The van der Waals surface area contributed by atoms with E-state index in [-0.39, 0.29) is 11.5 Å². The lowest BCUT2D eigenvalue weighted by Crippen LogP contribution is -2.45. The zero-order chi connectivity index (χ0) is 12.1. The molecule has 0 heterocycles. The molecule has 1 rings (SSSR count). The van der Waals surface area contributed by atoms with Crippen molar-refractivity contribution in [2.24, 2.45) is 22.0 Å². The SMILES string of the molecule is CC(C)(C)C(N)CNC1C(C)(C)C1(C)C. The Balaban J connectivity index is 2.42. The smallest absolute Gasteiger partial charge is 0.0214 e. The minimum atomic E-state index is 0.191. The molecule has 0 bridgehead atoms. The molecule has 90 valence electrons. The summed E-state index contributed by atoms with van der Waals surface area (Å²) in [6.45, 7) is 16.8. The first kappa shape index (κ1) is 13.0. The average molecular weight is 212 g/mol. The summed E-state index contributed by atoms with van der Waals surface area (Å²) in [5.74, 6) is 0. The van der Waals surface area contributed by atoms with Crippen LogP contribution < -0.4 is 11.1 Å². The molecule has 0 aromatic rings. The maximum atomic E-state index is 6.14. The Kier molecular flexibility index (Phi) is 2.99. The van der Waals surface area contributed by atoms with Crippen molar-refractivity contribution >= 4 is 0 Å². The second kappa shape index (κ2) is 3.46. The summed E-state index contributed by atoms with van der Waals surface area (Å²) in [5, 5.41) is 3.62. The molecule has 1 aliphatic carbocycles. The third kappa shape index (κ3) is 2.21. The Hall–Kier alpha value is -0.0800. The number of hydrogen-bond acceptors (Lipinski definition) is 2. The average Bonchev–Trinajstić information content (AvgIpc) is 2.38. The van der Waals surface area contributed by atoms with Gasteiger partial charge in [-0.15, -0.1) is 0 Å². The van der Waals surface area contributed by atoms with E-state index in [0.717, 1.165) is 6.54 Å². The second-order valence-electron chi connectivity index (χ2n) is 7.26. The monoisotopic (exact) mass is 212 g/mol. The van der Waals surface area contributed by atoms with Gasteiger partial charge < -0.3 is 11.1 Å². The number of hydrogen-bond donors (Lipinski definition) is 2. The topological polar surface area (TPSA) is 38.0 Å². The summed E-state index contributed by atoms with van der Waals surface area (Å²) in [5.41, 5.74) is 7.15. The highest BCUT2D eigenvalue weighted by Crippen LogP contribution is 2.62. The van der Waals surface area contributed by atoms with Crippen molar-refractivity contribution in [2.75, 3.05) is 6.54 Å². The van der Waals surface area contributed by atoms with E-state index >= 15 is 0 Å². The van der Waals surface area contributed by atoms with Crippen LogP contribution in [0.5, 0.6) is 0 Å². The summed E-state index contributed by atoms with van der Waals surface area (Å²) in [7, 11) is 0. The lowest BCUT2D eigenvalue weighted by Gasteiger charge is -2.27. The molecule has 1 unspecified atom stereocenters. The molecule has 3 N–H and O–H groups in total. The Morgan fingerprint density at radius 1 is 1.13 bits per heavy atom. The minimum absolute atomic E-state index is 0.191. The van der Waals surface area contributed by atoms with E-state index < -0.39 is 0 Å². The fraction of sp³-hybridized carbons (Fsp3) is 1.00. The van der Waals surface area contributed by atoms with E-state index in [1.165, 1.54) is 0 Å². The van der Waals surface area contributed by atoms with Gasteiger partial charge in [0, 0.05) is 18.6 Å². The van der Waals surface area contributed by atoms with Gasteiger partial charge in [0.05, 0.1) is 0 Å². The van der Waals surface area contributed by atoms with Gasteiger partial charge in [-0.25, -0.2) is 0 Å². The van der Waals surface area contributed by atoms with Crippen molar-refractivity contribution < 1.29 is 0 Å². The Bertz CT molecular complexity index is 221. The first-order valence-corrected chi connectivity index (χ1v) is 6.00. The normalized spacial score (nSPS) is 26.4. The fourth-order valence-electron chi connectivity index (χ4n) is 2.26. The zero-order valence-corrected chi connectivity index (χ0v) is 11.4. The highest BCUT2D eigenvalue weighted by molar-refractivity contribution is 5.17. The van der Waals surface area contributed by atoms with Gasteiger partial charge in [0.25, 0.3) is 0 Å². The van der Waals surface area contributed by atoms with Crippen LogP contribution in [0.1, 0.15) is 48.5 Å². The molecular weight excluding hydrogens is 184 g/mol. The van der Waals surface area contributed by atoms with Crippen molar-refractivity contribution in [1.29, 1.82) is 0 Å². The molecule has 0 amide bonds. The van der Waals surface area contributed by atoms with Gasteiger partial charge in [-0.05, 0) is 16.2 Å². The van der Waals surface area contributed by atoms with Crippen LogP contribution in [0.4, 0.5) is 0 Å². The van der Waals surface area contributed by atoms with Gasteiger partial charge in [-0.1, -0.05) is 48.5 Å². The Morgan fingerprint density at radius 3 is 1.80 bits per heavy atom. The van der Waals surface area contributed by atoms with E-state index in [9.17, 15) is 0 Å². The van der Waals surface area contributed by atoms with Crippen LogP contribution >= 0.6 is 0 Å². The molecule has 0 aromatic heterocycles. The molecule has 1 atom stereocenters. The van der Waals surface area contributed by atoms with E-state index in [0.29, 0.717) is 16.9 Å². The van der Waals surface area contributed by atoms with Crippen molar-refractivity contribution in [3.63, 3.8) is 0 Å². The standard InChI is InChI=1S/C13H28N2/c1-11(2,3)9(14)8-15-10-12(4,5)13(10,6)7/h9-10,15H,8,14H2,1-7H3. The maximum absolute atomic E-state index is 6.14. The van der Waals surface area contributed by atoms with Crippen LogP contribution in [0.3, 0.4) is 0 Å². The molecule has 1 saturated carbocycles. The third-order valence-electron chi connectivity index (χ3n) is 4.67. The second-order valence-corrected chi connectivity index (χ2v) is 7.26. The van der Waals surface area contributed by atoms with Crippen LogP contribution in [-0.2, 0) is 0 Å². The molecule has 0 spiro atoms. The van der Waals surface area contributed by atoms with E-state index in [1.54, 1.807) is 0 Å². The maximum Gasteiger partial charge on any atom is 0.0214 e. The van der Waals surface area contributed by atoms with E-state index in [1.807, 2.05) is 0 Å². The van der Waals surface area contributed by atoms with Gasteiger partial charge in [0.15, 0.2) is 0 Å². The van der Waals surface area contributed by atoms with Crippen LogP contribution in [-0.4, -0.2) is 18.6 Å². The van der Waals surface area contributed by atoms with E-state index in [2.05, 4.69) is 53.8 Å². The van der Waals surface area contributed by atoms with Crippen LogP contribution in [0.25, 0.3) is 0 Å². The van der Waals surface area contributed by atoms with Gasteiger partial charge in [0.1, 0.15) is 0 Å². The molecule has 1 aliphatic rings. The predicted molar refractivity (Wildman–Crippen MR) is 66.8 cm³/mol. The Morgan fingerprint density at radius 2 is 1.53 bits per heavy atom. The molecule has 2 nitrogen and oxygen atoms in total. The lowest BCUT2D eigenvalue weighted by molar-refractivity contribution is 0.304. The van der Waals surface area contributed by atoms with Crippen molar-refractivity contribution in [3.8, 4) is 0 Å². The largest absolute Gasteiger partial charge is 0.326 e. The van der Waals surface area contributed by atoms with Gasteiger partial charge in [-0.2, -0.15) is 0 Å². The molecule has 0 radical (unpaired) electrons. The van der Waals surface area contributed by atoms with Crippen molar-refractivity contribution in [2.45, 2.75) is 60.5 Å². The van der Waals surface area contributed by atoms with Crippen molar-refractivity contribution in [1.82, 2.24) is 5.32 Å². The quantitative estimate of drug-likeness (QED) is 0.754. The number of nitrogens with one attached hydrogen (secondary N) is 1. The highest BCUT2D eigenvalue weighted by Gasteiger charge is 2.64. The molecular formula is C13H28N2. The third-order valence-corrected chi connectivity index (χ3v) is 4.67. The van der Waals surface area contributed by atoms with E-state index in [4.69, 9.17) is 5.73 Å². The summed E-state index contributed by atoms with van der Waals surface area (Å²) >= 11 is 0. The summed E-state index contributed by atoms with van der Waals surface area (Å²) in [6, 6.07) is 0.836. The fourth-order valence-corrected chi connectivity index (χ4v) is 2.26. The number of rotatable bonds is 3. The molecule has 1 fully saturated rings. The van der Waals surface area contributed by atoms with Crippen LogP contribution in [0.15, 0.2) is 0 Å². The molecule has 0 aliphatic heterocycles. The molecule has 0 aromatic carbocycles. The first-order chi connectivity index (χ1) is 6.51. The zero-order valence-electron chi connectivity index (χ0n) is 11.4. The highest BCUT2D eigenvalue weighted by atomic mass is 15.1. The lowest BCUT2D eigenvalue weighted by atomic mass is 9.87. The number of nitrogens with two attached hydrogens (primary N) is 1. The van der Waals surface area contributed by atoms with Gasteiger partial charge in [-0.3, -0.25) is 0 Å². The van der Waals surface area contributed by atoms with Gasteiger partial charge in [0.2, 0.25) is 0 Å². The predicted octanol–water partition coefficient (Wildman–Crippen LogP) is 2.38. The molecule has 0 saturated heterocycles. The summed E-state index contributed by atoms with van der Waals surface area (Å²) < 4.78 is 0. The first-order valence-electron chi connectivity index (χ1n) is 6.00. The summed E-state index contributed by atoms with van der Waals surface area (Å²) in [6.07, 6.45) is 0. The van der Waals surface area contributed by atoms with Crippen LogP contribution in [0.2, 0.25) is 0 Å². The van der Waals surface area contributed by atoms with Crippen molar-refractivity contribution in [3.05, 3.63) is 0 Å². The van der Waals surface area contributed by atoms with Gasteiger partial charge >= 0.3 is 0 Å². The summed E-state index contributed by atoms with van der Waals surface area (Å²) in [4.78, 5) is 0. The molecule has 15 heavy (non-hydrogen) atoms. The Labute approximate surface area is 95.0 Å². The van der Waals surface area contributed by atoms with Crippen LogP contribution in [0, 0.1) is 16.2 Å².